The monoisotopic (exact) mass is 259 g/mol. The van der Waals surface area contributed by atoms with Crippen LogP contribution in [0.2, 0.25) is 0 Å². The van der Waals surface area contributed by atoms with Gasteiger partial charge in [-0.3, -0.25) is 9.78 Å². The Morgan fingerprint density at radius 2 is 2.26 bits per heavy atom. The van der Waals surface area contributed by atoms with Gasteiger partial charge in [0.2, 0.25) is 5.91 Å². The van der Waals surface area contributed by atoms with Crippen molar-refractivity contribution in [3.8, 4) is 0 Å². The average molecular weight is 259 g/mol. The molecule has 0 aliphatic heterocycles. The number of amides is 1. The van der Waals surface area contributed by atoms with Crippen molar-refractivity contribution in [1.82, 2.24) is 15.6 Å². The van der Waals surface area contributed by atoms with Crippen LogP contribution in [0.3, 0.4) is 0 Å². The number of hydrogen-bond acceptors (Lipinski definition) is 3. The van der Waals surface area contributed by atoms with E-state index < -0.39 is 0 Å². The largest absolute Gasteiger partial charge is 0.353 e. The van der Waals surface area contributed by atoms with E-state index in [0.717, 1.165) is 32.2 Å². The Morgan fingerprint density at radius 1 is 1.37 bits per heavy atom. The van der Waals surface area contributed by atoms with Gasteiger partial charge in [-0.15, -0.1) is 0 Å². The van der Waals surface area contributed by atoms with Crippen LogP contribution in [-0.4, -0.2) is 23.5 Å². The predicted octanol–water partition coefficient (Wildman–Crippen LogP) is 1.72. The zero-order chi connectivity index (χ0) is 13.1. The van der Waals surface area contributed by atoms with Crippen molar-refractivity contribution in [2.24, 2.45) is 0 Å². The van der Waals surface area contributed by atoms with Gasteiger partial charge in [0.1, 0.15) is 0 Å². The van der Waals surface area contributed by atoms with Gasteiger partial charge in [0.25, 0.3) is 0 Å². The second-order valence-electron chi connectivity index (χ2n) is 5.54. The fourth-order valence-electron chi connectivity index (χ4n) is 2.70. The van der Waals surface area contributed by atoms with Crippen molar-refractivity contribution >= 4 is 5.91 Å². The van der Waals surface area contributed by atoms with Crippen molar-refractivity contribution in [3.63, 3.8) is 0 Å². The molecule has 2 aliphatic rings. The summed E-state index contributed by atoms with van der Waals surface area (Å²) >= 11 is 0. The first kappa shape index (κ1) is 12.6. The molecule has 0 bridgehead atoms. The summed E-state index contributed by atoms with van der Waals surface area (Å²) in [5.74, 6) is 0.173. The van der Waals surface area contributed by atoms with Crippen molar-refractivity contribution in [2.75, 3.05) is 6.54 Å². The third kappa shape index (κ3) is 3.32. The summed E-state index contributed by atoms with van der Waals surface area (Å²) < 4.78 is 0. The number of nitrogens with one attached hydrogen (secondary N) is 2. The van der Waals surface area contributed by atoms with E-state index in [1.807, 2.05) is 12.3 Å². The predicted molar refractivity (Wildman–Crippen MR) is 73.7 cm³/mol. The lowest BCUT2D eigenvalue weighted by Crippen LogP contribution is -2.32. The van der Waals surface area contributed by atoms with E-state index in [-0.39, 0.29) is 5.91 Å². The van der Waals surface area contributed by atoms with E-state index in [1.165, 1.54) is 17.7 Å². The molecule has 0 saturated heterocycles. The molecule has 19 heavy (non-hydrogen) atoms. The number of aryl methyl sites for hydroxylation is 1. The van der Waals surface area contributed by atoms with Crippen LogP contribution >= 0.6 is 0 Å². The molecule has 3 rings (SSSR count). The van der Waals surface area contributed by atoms with Crippen molar-refractivity contribution in [2.45, 2.75) is 50.6 Å². The molecule has 1 unspecified atom stereocenters. The lowest BCUT2D eigenvalue weighted by atomic mass is 9.92. The molecule has 1 aromatic rings. The molecule has 0 spiro atoms. The Kier molecular flexibility index (Phi) is 3.78. The number of carbonyl (C=O) groups is 1. The van der Waals surface area contributed by atoms with Gasteiger partial charge in [-0.05, 0) is 43.7 Å². The molecule has 0 radical (unpaired) electrons. The molecule has 1 amide bonds. The summed E-state index contributed by atoms with van der Waals surface area (Å²) in [7, 11) is 0. The molecule has 4 nitrogen and oxygen atoms in total. The van der Waals surface area contributed by atoms with E-state index in [2.05, 4.69) is 21.7 Å². The van der Waals surface area contributed by atoms with Gasteiger partial charge in [0.15, 0.2) is 0 Å². The van der Waals surface area contributed by atoms with Gasteiger partial charge >= 0.3 is 0 Å². The maximum absolute atomic E-state index is 11.6. The molecule has 1 fully saturated rings. The maximum atomic E-state index is 11.6. The second kappa shape index (κ2) is 5.70. The van der Waals surface area contributed by atoms with E-state index >= 15 is 0 Å². The lowest BCUT2D eigenvalue weighted by molar-refractivity contribution is -0.121. The summed E-state index contributed by atoms with van der Waals surface area (Å²) in [6, 6.07) is 4.95. The van der Waals surface area contributed by atoms with Gasteiger partial charge in [0.05, 0.1) is 5.69 Å². The fourth-order valence-corrected chi connectivity index (χ4v) is 2.70. The third-order valence-corrected chi connectivity index (χ3v) is 3.88. The highest BCUT2D eigenvalue weighted by Crippen LogP contribution is 2.27. The molecule has 1 saturated carbocycles. The smallest absolute Gasteiger partial charge is 0.221 e. The van der Waals surface area contributed by atoms with Crippen LogP contribution in [0.1, 0.15) is 49.4 Å². The highest BCUT2D eigenvalue weighted by molar-refractivity contribution is 5.76. The van der Waals surface area contributed by atoms with Crippen LogP contribution in [0.15, 0.2) is 18.3 Å². The fraction of sp³-hybridized carbons (Fsp3) is 0.600. The normalized spacial score (nSPS) is 21.8. The molecule has 1 atom stereocenters. The Bertz CT molecular complexity index is 456. The first-order valence-corrected chi connectivity index (χ1v) is 7.29. The first-order chi connectivity index (χ1) is 9.33. The molecule has 102 valence electrons. The Morgan fingerprint density at radius 3 is 3.11 bits per heavy atom. The van der Waals surface area contributed by atoms with E-state index in [1.54, 1.807) is 0 Å². The van der Waals surface area contributed by atoms with Crippen LogP contribution in [0, 0.1) is 0 Å². The second-order valence-corrected chi connectivity index (χ2v) is 5.54. The number of fused-ring (bicyclic) bond motifs is 1. The SMILES string of the molecule is O=C(CCNC1CCCc2cccnc21)NC1CC1. The number of hydrogen-bond donors (Lipinski definition) is 2. The standard InChI is InChI=1S/C15H21N3O/c19-14(18-12-6-7-12)8-10-16-13-5-1-3-11-4-2-9-17-15(11)13/h2,4,9,12-13,16H,1,3,5-8,10H2,(H,18,19). The molecule has 1 heterocycles. The average Bonchev–Trinajstić information content (AvgIpc) is 3.23. The van der Waals surface area contributed by atoms with Crippen LogP contribution in [0.5, 0.6) is 0 Å². The number of rotatable bonds is 5. The Hall–Kier alpha value is -1.42. The zero-order valence-corrected chi connectivity index (χ0v) is 11.2. The minimum absolute atomic E-state index is 0.173. The minimum atomic E-state index is 0.173. The van der Waals surface area contributed by atoms with Crippen molar-refractivity contribution in [1.29, 1.82) is 0 Å². The van der Waals surface area contributed by atoms with Crippen LogP contribution < -0.4 is 10.6 Å². The Labute approximate surface area is 114 Å². The van der Waals surface area contributed by atoms with Gasteiger partial charge in [-0.2, -0.15) is 0 Å². The zero-order valence-electron chi connectivity index (χ0n) is 11.2. The Balaban J connectivity index is 1.49. The number of nitrogens with zero attached hydrogens (tertiary/aromatic N) is 1. The summed E-state index contributed by atoms with van der Waals surface area (Å²) in [6.45, 7) is 0.735. The number of aromatic nitrogens is 1. The summed E-state index contributed by atoms with van der Waals surface area (Å²) in [5.41, 5.74) is 2.53. The summed E-state index contributed by atoms with van der Waals surface area (Å²) in [4.78, 5) is 16.1. The molecule has 2 aliphatic carbocycles. The molecule has 1 aromatic heterocycles. The van der Waals surface area contributed by atoms with Crippen LogP contribution in [-0.2, 0) is 11.2 Å². The lowest BCUT2D eigenvalue weighted by Gasteiger charge is -2.25. The first-order valence-electron chi connectivity index (χ1n) is 7.29. The van der Waals surface area contributed by atoms with E-state index in [0.29, 0.717) is 18.5 Å². The van der Waals surface area contributed by atoms with Crippen molar-refractivity contribution in [3.05, 3.63) is 29.6 Å². The molecule has 0 aromatic carbocycles. The van der Waals surface area contributed by atoms with Crippen LogP contribution in [0.4, 0.5) is 0 Å². The third-order valence-electron chi connectivity index (χ3n) is 3.88. The van der Waals surface area contributed by atoms with E-state index in [4.69, 9.17) is 0 Å². The van der Waals surface area contributed by atoms with Gasteiger partial charge in [-0.25, -0.2) is 0 Å². The molecular weight excluding hydrogens is 238 g/mol. The summed E-state index contributed by atoms with van der Waals surface area (Å²) in [6.07, 6.45) is 8.17. The van der Waals surface area contributed by atoms with Gasteiger partial charge in [-0.1, -0.05) is 6.07 Å². The minimum Gasteiger partial charge on any atom is -0.353 e. The topological polar surface area (TPSA) is 54.0 Å². The highest BCUT2D eigenvalue weighted by Gasteiger charge is 2.24. The summed E-state index contributed by atoms with van der Waals surface area (Å²) in [5, 5.41) is 6.50. The maximum Gasteiger partial charge on any atom is 0.221 e. The van der Waals surface area contributed by atoms with Crippen molar-refractivity contribution < 1.29 is 4.79 Å². The van der Waals surface area contributed by atoms with Crippen LogP contribution in [0.25, 0.3) is 0 Å². The number of carbonyl (C=O) groups excluding carboxylic acids is 1. The van der Waals surface area contributed by atoms with E-state index in [9.17, 15) is 4.79 Å². The quantitative estimate of drug-likeness (QED) is 0.846. The molecular formula is C15H21N3O. The number of pyridine rings is 1. The van der Waals surface area contributed by atoms with Gasteiger partial charge < -0.3 is 10.6 Å². The highest BCUT2D eigenvalue weighted by atomic mass is 16.1. The molecule has 4 heteroatoms. The molecule has 2 N–H and O–H groups in total. The van der Waals surface area contributed by atoms with Gasteiger partial charge in [0, 0.05) is 31.2 Å².